The van der Waals surface area contributed by atoms with E-state index in [0.717, 1.165) is 19.6 Å². The highest BCUT2D eigenvalue weighted by atomic mass is 35.5. The minimum atomic E-state index is 0.0295. The summed E-state index contributed by atoms with van der Waals surface area (Å²) in [5.41, 5.74) is 2.51. The fourth-order valence-electron chi connectivity index (χ4n) is 2.33. The van der Waals surface area contributed by atoms with E-state index in [-0.39, 0.29) is 17.8 Å². The number of hydrogen-bond donors (Lipinski definition) is 0. The Bertz CT molecular complexity index is 418. The molecular formula is C14H19ClN2O. The number of alkyl halides is 1. The molecule has 1 aliphatic rings. The van der Waals surface area contributed by atoms with Crippen LogP contribution in [0.3, 0.4) is 0 Å². The molecule has 0 radical (unpaired) electrons. The van der Waals surface area contributed by atoms with Crippen molar-refractivity contribution in [3.8, 4) is 0 Å². The van der Waals surface area contributed by atoms with Crippen molar-refractivity contribution in [2.75, 3.05) is 32.6 Å². The third kappa shape index (κ3) is 2.85. The highest BCUT2D eigenvalue weighted by molar-refractivity contribution is 6.27. The van der Waals surface area contributed by atoms with Crippen molar-refractivity contribution in [3.05, 3.63) is 35.4 Å². The van der Waals surface area contributed by atoms with Gasteiger partial charge in [0.15, 0.2) is 0 Å². The molecule has 1 atom stereocenters. The molecule has 98 valence electrons. The molecule has 1 saturated heterocycles. The molecule has 2 rings (SSSR count). The number of nitrogens with zero attached hydrogens (tertiary/aromatic N) is 2. The van der Waals surface area contributed by atoms with Gasteiger partial charge in [0, 0.05) is 19.6 Å². The molecule has 0 spiro atoms. The van der Waals surface area contributed by atoms with Crippen LogP contribution in [0.1, 0.15) is 17.2 Å². The van der Waals surface area contributed by atoms with E-state index in [1.54, 1.807) is 0 Å². The zero-order valence-corrected chi connectivity index (χ0v) is 11.7. The van der Waals surface area contributed by atoms with Crippen molar-refractivity contribution in [3.63, 3.8) is 0 Å². The Balaban J connectivity index is 2.14. The number of carbonyl (C=O) groups excluding carboxylic acids is 1. The molecule has 4 heteroatoms. The van der Waals surface area contributed by atoms with Gasteiger partial charge in [-0.2, -0.15) is 0 Å². The van der Waals surface area contributed by atoms with E-state index in [9.17, 15) is 4.79 Å². The lowest BCUT2D eigenvalue weighted by Crippen LogP contribution is -2.49. The van der Waals surface area contributed by atoms with Crippen LogP contribution in [0, 0.1) is 6.92 Å². The number of benzene rings is 1. The predicted molar refractivity (Wildman–Crippen MR) is 73.9 cm³/mol. The number of rotatable bonds is 2. The van der Waals surface area contributed by atoms with E-state index in [1.165, 1.54) is 11.1 Å². The summed E-state index contributed by atoms with van der Waals surface area (Å²) in [7, 11) is 2.10. The molecule has 1 amide bonds. The number of halogens is 1. The summed E-state index contributed by atoms with van der Waals surface area (Å²) < 4.78 is 0. The molecule has 1 fully saturated rings. The maximum Gasteiger partial charge on any atom is 0.237 e. The first kappa shape index (κ1) is 13.4. The van der Waals surface area contributed by atoms with Gasteiger partial charge in [0.05, 0.1) is 6.04 Å². The second-order valence-corrected chi connectivity index (χ2v) is 5.15. The van der Waals surface area contributed by atoms with Crippen LogP contribution in [0.2, 0.25) is 0 Å². The number of aryl methyl sites for hydroxylation is 1. The molecule has 1 aliphatic heterocycles. The average Bonchev–Trinajstić information content (AvgIpc) is 2.39. The Hall–Kier alpha value is -1.06. The third-order valence-corrected chi connectivity index (χ3v) is 3.81. The van der Waals surface area contributed by atoms with Crippen LogP contribution in [-0.2, 0) is 4.79 Å². The van der Waals surface area contributed by atoms with Gasteiger partial charge in [0.1, 0.15) is 5.88 Å². The number of amides is 1. The lowest BCUT2D eigenvalue weighted by molar-refractivity contribution is -0.131. The predicted octanol–water partition coefficient (Wildman–Crippen LogP) is 2.05. The van der Waals surface area contributed by atoms with Crippen molar-refractivity contribution in [1.82, 2.24) is 9.80 Å². The van der Waals surface area contributed by atoms with Crippen molar-refractivity contribution in [2.45, 2.75) is 13.0 Å². The first-order valence-electron chi connectivity index (χ1n) is 6.22. The van der Waals surface area contributed by atoms with Crippen LogP contribution >= 0.6 is 11.6 Å². The van der Waals surface area contributed by atoms with Gasteiger partial charge < -0.3 is 4.90 Å². The smallest absolute Gasteiger partial charge is 0.237 e. The molecule has 0 aliphatic carbocycles. The highest BCUT2D eigenvalue weighted by Crippen LogP contribution is 2.24. The molecule has 18 heavy (non-hydrogen) atoms. The van der Waals surface area contributed by atoms with Gasteiger partial charge in [0.2, 0.25) is 5.91 Å². The van der Waals surface area contributed by atoms with Crippen LogP contribution in [0.25, 0.3) is 0 Å². The number of piperazine rings is 1. The minimum absolute atomic E-state index is 0.0295. The maximum atomic E-state index is 11.7. The fourth-order valence-corrected chi connectivity index (χ4v) is 2.50. The normalized spacial score (nSPS) is 21.1. The molecule has 0 bridgehead atoms. The lowest BCUT2D eigenvalue weighted by atomic mass is 10.0. The van der Waals surface area contributed by atoms with Crippen LogP contribution in [0.15, 0.2) is 24.3 Å². The molecule has 1 heterocycles. The Kier molecular flexibility index (Phi) is 4.25. The Morgan fingerprint density at radius 1 is 1.33 bits per heavy atom. The molecule has 0 aromatic heterocycles. The van der Waals surface area contributed by atoms with Gasteiger partial charge in [-0.15, -0.1) is 11.6 Å². The first-order chi connectivity index (χ1) is 8.61. The van der Waals surface area contributed by atoms with Gasteiger partial charge in [-0.05, 0) is 19.5 Å². The topological polar surface area (TPSA) is 23.6 Å². The number of likely N-dealkylation sites (N-methyl/N-ethyl adjacent to an activating group) is 1. The quantitative estimate of drug-likeness (QED) is 0.765. The van der Waals surface area contributed by atoms with E-state index >= 15 is 0 Å². The number of carbonyl (C=O) groups is 1. The van der Waals surface area contributed by atoms with Crippen LogP contribution in [-0.4, -0.2) is 48.3 Å². The summed E-state index contributed by atoms with van der Waals surface area (Å²) in [6.07, 6.45) is 0. The molecule has 3 nitrogen and oxygen atoms in total. The summed E-state index contributed by atoms with van der Waals surface area (Å²) in [6.45, 7) is 4.47. The molecule has 1 aromatic carbocycles. The minimum Gasteiger partial charge on any atom is -0.338 e. The van der Waals surface area contributed by atoms with Gasteiger partial charge in [-0.1, -0.05) is 29.8 Å². The molecule has 0 saturated carbocycles. The van der Waals surface area contributed by atoms with E-state index in [4.69, 9.17) is 11.6 Å². The van der Waals surface area contributed by atoms with Crippen LogP contribution < -0.4 is 0 Å². The summed E-state index contributed by atoms with van der Waals surface area (Å²) in [5, 5.41) is 0. The van der Waals surface area contributed by atoms with Crippen molar-refractivity contribution < 1.29 is 4.79 Å². The van der Waals surface area contributed by atoms with Crippen molar-refractivity contribution in [1.29, 1.82) is 0 Å². The Morgan fingerprint density at radius 2 is 2.00 bits per heavy atom. The maximum absolute atomic E-state index is 11.7. The Morgan fingerprint density at radius 3 is 2.61 bits per heavy atom. The van der Waals surface area contributed by atoms with Crippen LogP contribution in [0.4, 0.5) is 0 Å². The van der Waals surface area contributed by atoms with E-state index in [0.29, 0.717) is 0 Å². The first-order valence-corrected chi connectivity index (χ1v) is 6.76. The largest absolute Gasteiger partial charge is 0.338 e. The van der Waals surface area contributed by atoms with Gasteiger partial charge >= 0.3 is 0 Å². The zero-order chi connectivity index (χ0) is 13.1. The second-order valence-electron chi connectivity index (χ2n) is 4.88. The van der Waals surface area contributed by atoms with Crippen molar-refractivity contribution in [2.24, 2.45) is 0 Å². The summed E-state index contributed by atoms with van der Waals surface area (Å²) in [4.78, 5) is 15.8. The highest BCUT2D eigenvalue weighted by Gasteiger charge is 2.27. The molecule has 1 unspecified atom stereocenters. The fraction of sp³-hybridized carbons (Fsp3) is 0.500. The third-order valence-electron chi connectivity index (χ3n) is 3.58. The molecule has 0 N–H and O–H groups in total. The van der Waals surface area contributed by atoms with Gasteiger partial charge in [-0.3, -0.25) is 9.69 Å². The standard InChI is InChI=1S/C14H19ClN2O/c1-11-3-5-12(6-4-11)13-10-17(14(18)9-15)8-7-16(13)2/h3-6,13H,7-10H2,1-2H3. The summed E-state index contributed by atoms with van der Waals surface area (Å²) in [5.74, 6) is 0.103. The van der Waals surface area contributed by atoms with E-state index in [2.05, 4.69) is 43.1 Å². The SMILES string of the molecule is Cc1ccc(C2CN(C(=O)CCl)CCN2C)cc1. The Labute approximate surface area is 113 Å². The van der Waals surface area contributed by atoms with Crippen LogP contribution in [0.5, 0.6) is 0 Å². The lowest BCUT2D eigenvalue weighted by Gasteiger charge is -2.39. The molecular weight excluding hydrogens is 248 g/mol. The number of hydrogen-bond acceptors (Lipinski definition) is 2. The average molecular weight is 267 g/mol. The summed E-state index contributed by atoms with van der Waals surface area (Å²) >= 11 is 5.63. The zero-order valence-electron chi connectivity index (χ0n) is 10.9. The monoisotopic (exact) mass is 266 g/mol. The molecule has 1 aromatic rings. The summed E-state index contributed by atoms with van der Waals surface area (Å²) in [6, 6.07) is 8.79. The van der Waals surface area contributed by atoms with Crippen molar-refractivity contribution >= 4 is 17.5 Å². The van der Waals surface area contributed by atoms with E-state index in [1.807, 2.05) is 4.90 Å². The van der Waals surface area contributed by atoms with Gasteiger partial charge in [-0.25, -0.2) is 0 Å². The van der Waals surface area contributed by atoms with Gasteiger partial charge in [0.25, 0.3) is 0 Å². The van der Waals surface area contributed by atoms with E-state index < -0.39 is 0 Å². The second kappa shape index (κ2) is 5.72.